The molecule has 2 aliphatic heterocycles. The van der Waals surface area contributed by atoms with Crippen LogP contribution in [0.15, 0.2) is 100 Å². The Bertz CT molecular complexity index is 1830. The van der Waals surface area contributed by atoms with Crippen LogP contribution in [-0.4, -0.2) is 24.6 Å². The van der Waals surface area contributed by atoms with Crippen LogP contribution in [0.5, 0.6) is 0 Å². The summed E-state index contributed by atoms with van der Waals surface area (Å²) < 4.78 is 2.75. The summed E-state index contributed by atoms with van der Waals surface area (Å²) in [5.74, 6) is 0. The van der Waals surface area contributed by atoms with Crippen LogP contribution in [0.1, 0.15) is 46.8 Å². The van der Waals surface area contributed by atoms with Crippen molar-refractivity contribution in [2.24, 2.45) is 0 Å². The molecule has 0 N–H and O–H groups in total. The average molecular weight is 611 g/mol. The Labute approximate surface area is 256 Å². The molecule has 5 heterocycles. The Hall–Kier alpha value is -3.30. The highest BCUT2D eigenvalue weighted by atomic mass is 35.5. The highest BCUT2D eigenvalue weighted by Crippen LogP contribution is 2.56. The molecule has 41 heavy (non-hydrogen) atoms. The molecule has 1 atom stereocenters. The zero-order valence-corrected chi connectivity index (χ0v) is 25.0. The lowest BCUT2D eigenvalue weighted by atomic mass is 9.80. The van der Waals surface area contributed by atoms with Crippen molar-refractivity contribution in [3.05, 3.63) is 122 Å². The number of carbonyl (C=O) groups excluding carboxylic acids is 1. The summed E-state index contributed by atoms with van der Waals surface area (Å²) in [4.78, 5) is 26.8. The number of carbonyl (C=O) groups is 1. The van der Waals surface area contributed by atoms with Gasteiger partial charge in [-0.1, -0.05) is 53.8 Å². The number of hydrogen-bond donors (Lipinski definition) is 0. The third-order valence-corrected chi connectivity index (χ3v) is 10.4. The molecule has 7 rings (SSSR count). The molecule has 0 saturated carbocycles. The Balaban J connectivity index is 1.40. The number of nitrogens with zero attached hydrogens (tertiary/aromatic N) is 4. The lowest BCUT2D eigenvalue weighted by Crippen LogP contribution is -2.22. The highest BCUT2D eigenvalue weighted by Gasteiger charge is 2.36. The first kappa shape index (κ1) is 26.6. The van der Waals surface area contributed by atoms with Gasteiger partial charge >= 0.3 is 0 Å². The summed E-state index contributed by atoms with van der Waals surface area (Å²) >= 11 is 15.2. The van der Waals surface area contributed by atoms with Crippen molar-refractivity contribution in [3.8, 4) is 0 Å². The van der Waals surface area contributed by atoms with E-state index in [1.165, 1.54) is 22.3 Å². The predicted octanol–water partition coefficient (Wildman–Crippen LogP) is 8.64. The molecule has 202 valence electrons. The molecule has 0 radical (unpaired) electrons. The molecule has 1 aliphatic carbocycles. The van der Waals surface area contributed by atoms with Gasteiger partial charge in [-0.25, -0.2) is 4.98 Å². The molecule has 3 aliphatic rings. The van der Waals surface area contributed by atoms with Crippen LogP contribution in [0, 0.1) is 4.64 Å². The summed E-state index contributed by atoms with van der Waals surface area (Å²) in [6.07, 6.45) is 14.6. The van der Waals surface area contributed by atoms with E-state index in [1.54, 1.807) is 11.8 Å². The van der Waals surface area contributed by atoms with Crippen molar-refractivity contribution in [2.45, 2.75) is 41.2 Å². The number of pyridine rings is 2. The van der Waals surface area contributed by atoms with Crippen LogP contribution < -0.4 is 0 Å². The molecular formula is C32H23ClN4OS3. The van der Waals surface area contributed by atoms with Crippen LogP contribution >= 0.6 is 47.3 Å². The Kier molecular flexibility index (Phi) is 7.25. The number of hydrogen-bond acceptors (Lipinski definition) is 7. The second kappa shape index (κ2) is 11.2. The van der Waals surface area contributed by atoms with Gasteiger partial charge in [0.1, 0.15) is 9.67 Å². The molecule has 4 aromatic rings. The molecule has 9 heteroatoms. The van der Waals surface area contributed by atoms with E-state index in [4.69, 9.17) is 28.8 Å². The maximum atomic E-state index is 13.2. The third-order valence-electron chi connectivity index (χ3n) is 7.47. The van der Waals surface area contributed by atoms with E-state index >= 15 is 0 Å². The van der Waals surface area contributed by atoms with E-state index in [9.17, 15) is 4.79 Å². The van der Waals surface area contributed by atoms with E-state index in [0.717, 1.165) is 57.4 Å². The maximum absolute atomic E-state index is 13.2. The molecule has 0 spiro atoms. The SMILES string of the molecule is O=C1Sc2nc3c(c(=S)n2CC1=Cc1ccc(Cl)cc1)C1=C(CCCC1=Cc1ccncc1)C(c1ccncc1)S3. The molecule has 0 bridgehead atoms. The van der Waals surface area contributed by atoms with Gasteiger partial charge in [0, 0.05) is 40.9 Å². The average Bonchev–Trinajstić information content (AvgIpc) is 3.00. The summed E-state index contributed by atoms with van der Waals surface area (Å²) in [6, 6.07) is 15.7. The van der Waals surface area contributed by atoms with Gasteiger partial charge in [-0.05, 0) is 107 Å². The summed E-state index contributed by atoms with van der Waals surface area (Å²) in [7, 11) is 0. The lowest BCUT2D eigenvalue weighted by molar-refractivity contribution is -0.108. The zero-order valence-electron chi connectivity index (χ0n) is 21.8. The Morgan fingerprint density at radius 2 is 1.59 bits per heavy atom. The molecule has 0 saturated heterocycles. The van der Waals surface area contributed by atoms with Crippen molar-refractivity contribution >= 4 is 70.2 Å². The molecule has 1 unspecified atom stereocenters. The minimum Gasteiger partial charge on any atom is -0.306 e. The fraction of sp³-hybridized carbons (Fsp3) is 0.156. The first-order chi connectivity index (χ1) is 20.0. The Morgan fingerprint density at radius 1 is 0.902 bits per heavy atom. The normalized spacial score (nSPS) is 20.1. The van der Waals surface area contributed by atoms with Crippen molar-refractivity contribution in [2.75, 3.05) is 0 Å². The van der Waals surface area contributed by atoms with Crippen molar-refractivity contribution < 1.29 is 4.79 Å². The van der Waals surface area contributed by atoms with Crippen LogP contribution in [-0.2, 0) is 11.3 Å². The molecular weight excluding hydrogens is 588 g/mol. The third kappa shape index (κ3) is 5.14. The number of benzene rings is 1. The standard InChI is InChI=1S/C32H23ClN4OS3/c33-24-6-4-19(5-7-24)17-23-18-37-30(39)27-26-22(16-20-8-12-34-13-9-20)2-1-3-25(26)28(21-10-14-35-15-11-21)40-29(27)36-32(37)41-31(23)38/h4-17,28H,1-3,18H2. The summed E-state index contributed by atoms with van der Waals surface area (Å²) in [5.41, 5.74) is 8.79. The first-order valence-electron chi connectivity index (χ1n) is 13.3. The first-order valence-corrected chi connectivity index (χ1v) is 15.8. The second-order valence-corrected chi connectivity index (χ2v) is 12.9. The van der Waals surface area contributed by atoms with E-state index in [0.29, 0.717) is 22.3 Å². The van der Waals surface area contributed by atoms with Crippen LogP contribution in [0.2, 0.25) is 5.02 Å². The molecule has 3 aromatic heterocycles. The van der Waals surface area contributed by atoms with Crippen LogP contribution in [0.25, 0.3) is 17.7 Å². The fourth-order valence-electron chi connectivity index (χ4n) is 5.59. The van der Waals surface area contributed by atoms with Crippen molar-refractivity contribution in [1.82, 2.24) is 19.5 Å². The van der Waals surface area contributed by atoms with Gasteiger partial charge in [-0.2, -0.15) is 0 Å². The van der Waals surface area contributed by atoms with Gasteiger partial charge < -0.3 is 4.57 Å². The van der Waals surface area contributed by atoms with Crippen molar-refractivity contribution in [3.63, 3.8) is 0 Å². The largest absolute Gasteiger partial charge is 0.306 e. The number of thioether (sulfide) groups is 2. The van der Waals surface area contributed by atoms with Gasteiger partial charge in [-0.15, -0.1) is 0 Å². The van der Waals surface area contributed by atoms with Gasteiger partial charge in [-0.3, -0.25) is 14.8 Å². The number of allylic oxidation sites excluding steroid dienone is 2. The van der Waals surface area contributed by atoms with E-state index in [2.05, 4.69) is 28.2 Å². The Morgan fingerprint density at radius 3 is 2.34 bits per heavy atom. The molecule has 1 aromatic carbocycles. The predicted molar refractivity (Wildman–Crippen MR) is 169 cm³/mol. The van der Waals surface area contributed by atoms with Gasteiger partial charge in [0.05, 0.1) is 11.8 Å². The van der Waals surface area contributed by atoms with Gasteiger partial charge in [0.15, 0.2) is 5.16 Å². The highest BCUT2D eigenvalue weighted by molar-refractivity contribution is 8.14. The minimum absolute atomic E-state index is 0.0101. The van der Waals surface area contributed by atoms with Crippen molar-refractivity contribution in [1.29, 1.82) is 0 Å². The van der Waals surface area contributed by atoms with E-state index < -0.39 is 0 Å². The van der Waals surface area contributed by atoms with Gasteiger partial charge in [0.2, 0.25) is 5.12 Å². The molecule has 5 nitrogen and oxygen atoms in total. The van der Waals surface area contributed by atoms with Crippen LogP contribution in [0.4, 0.5) is 0 Å². The number of fused-ring (bicyclic) bond motifs is 3. The zero-order chi connectivity index (χ0) is 27.9. The second-order valence-electron chi connectivity index (χ2n) is 10.1. The van der Waals surface area contributed by atoms with Crippen LogP contribution in [0.3, 0.4) is 0 Å². The number of aromatic nitrogens is 4. The molecule has 0 fully saturated rings. The maximum Gasteiger partial charge on any atom is 0.224 e. The molecule has 0 amide bonds. The van der Waals surface area contributed by atoms with E-state index in [1.807, 2.05) is 71.8 Å². The fourth-order valence-corrected chi connectivity index (χ4v) is 8.41. The summed E-state index contributed by atoms with van der Waals surface area (Å²) in [6.45, 7) is 0.382. The quantitative estimate of drug-likeness (QED) is 0.0995. The summed E-state index contributed by atoms with van der Waals surface area (Å²) in [5, 5.41) is 2.29. The van der Waals surface area contributed by atoms with Gasteiger partial charge in [0.25, 0.3) is 0 Å². The lowest BCUT2D eigenvalue weighted by Gasteiger charge is -2.35. The monoisotopic (exact) mass is 610 g/mol. The number of halogens is 1. The topological polar surface area (TPSA) is 60.7 Å². The minimum atomic E-state index is -0.0101. The smallest absolute Gasteiger partial charge is 0.224 e. The number of rotatable bonds is 3. The van der Waals surface area contributed by atoms with E-state index in [-0.39, 0.29) is 10.4 Å².